The van der Waals surface area contributed by atoms with Gasteiger partial charge in [0.1, 0.15) is 11.9 Å². The van der Waals surface area contributed by atoms with E-state index in [1.54, 1.807) is 12.3 Å². The minimum atomic E-state index is 0.523. The summed E-state index contributed by atoms with van der Waals surface area (Å²) >= 11 is 0. The molecule has 2 rings (SSSR count). The van der Waals surface area contributed by atoms with Crippen molar-refractivity contribution >= 4 is 5.82 Å². The smallest absolute Gasteiger partial charge is 0.125 e. The molecule has 0 atom stereocenters. The highest BCUT2D eigenvalue weighted by atomic mass is 15.0. The second-order valence-electron chi connectivity index (χ2n) is 4.25. The van der Waals surface area contributed by atoms with E-state index in [2.05, 4.69) is 23.3 Å². The number of rotatable bonds is 4. The Labute approximate surface area is 90.1 Å². The number of anilines is 1. The lowest BCUT2D eigenvalue weighted by Crippen LogP contribution is -2.14. The van der Waals surface area contributed by atoms with Crippen LogP contribution in [0.2, 0.25) is 0 Å². The molecular weight excluding hydrogens is 186 g/mol. The Morgan fingerprint density at radius 2 is 2.33 bits per heavy atom. The fraction of sp³-hybridized carbons (Fsp3) is 0.500. The zero-order valence-corrected chi connectivity index (χ0v) is 8.95. The first-order valence-corrected chi connectivity index (χ1v) is 5.38. The van der Waals surface area contributed by atoms with Crippen molar-refractivity contribution in [2.75, 3.05) is 11.9 Å². The largest absolute Gasteiger partial charge is 0.370 e. The van der Waals surface area contributed by atoms with Crippen molar-refractivity contribution in [2.45, 2.75) is 26.2 Å². The minimum Gasteiger partial charge on any atom is -0.370 e. The summed E-state index contributed by atoms with van der Waals surface area (Å²) in [6.07, 6.45) is 5.49. The van der Waals surface area contributed by atoms with Crippen molar-refractivity contribution in [1.29, 1.82) is 5.26 Å². The van der Waals surface area contributed by atoms with Crippen LogP contribution >= 0.6 is 0 Å². The van der Waals surface area contributed by atoms with E-state index in [4.69, 9.17) is 5.26 Å². The Hall–Kier alpha value is -1.56. The molecule has 0 amide bonds. The van der Waals surface area contributed by atoms with Crippen LogP contribution in [0.15, 0.2) is 18.3 Å². The molecule has 0 saturated heterocycles. The predicted octanol–water partition coefficient (Wildman–Crippen LogP) is 2.56. The van der Waals surface area contributed by atoms with E-state index < -0.39 is 0 Å². The van der Waals surface area contributed by atoms with Crippen LogP contribution in [0, 0.1) is 16.7 Å². The quantitative estimate of drug-likeness (QED) is 0.814. The van der Waals surface area contributed by atoms with Crippen molar-refractivity contribution < 1.29 is 0 Å². The highest BCUT2D eigenvalue weighted by molar-refractivity contribution is 5.39. The lowest BCUT2D eigenvalue weighted by atomic mass is 10.0. The van der Waals surface area contributed by atoms with E-state index in [1.165, 1.54) is 19.3 Å². The predicted molar refractivity (Wildman–Crippen MR) is 59.4 cm³/mol. The third-order valence-corrected chi connectivity index (χ3v) is 3.24. The molecule has 78 valence electrons. The molecule has 15 heavy (non-hydrogen) atoms. The molecule has 1 aliphatic carbocycles. The topological polar surface area (TPSA) is 48.7 Å². The van der Waals surface area contributed by atoms with Gasteiger partial charge in [-0.05, 0) is 36.8 Å². The van der Waals surface area contributed by atoms with Gasteiger partial charge >= 0.3 is 0 Å². The molecule has 1 aromatic rings. The van der Waals surface area contributed by atoms with Crippen LogP contribution in [-0.4, -0.2) is 11.5 Å². The van der Waals surface area contributed by atoms with Crippen molar-refractivity contribution in [2.24, 2.45) is 5.41 Å². The van der Waals surface area contributed by atoms with Crippen LogP contribution in [0.5, 0.6) is 0 Å². The Morgan fingerprint density at radius 1 is 1.53 bits per heavy atom. The van der Waals surface area contributed by atoms with Gasteiger partial charge in [0.15, 0.2) is 0 Å². The highest BCUT2D eigenvalue weighted by Crippen LogP contribution is 2.48. The Morgan fingerprint density at radius 3 is 2.80 bits per heavy atom. The summed E-state index contributed by atoms with van der Waals surface area (Å²) < 4.78 is 0. The van der Waals surface area contributed by atoms with Crippen LogP contribution in [0.3, 0.4) is 0 Å². The zero-order chi connectivity index (χ0) is 10.7. The van der Waals surface area contributed by atoms with Gasteiger partial charge in [-0.2, -0.15) is 5.26 Å². The maximum atomic E-state index is 8.63. The van der Waals surface area contributed by atoms with Crippen LogP contribution in [0.25, 0.3) is 0 Å². The van der Waals surface area contributed by atoms with Crippen LogP contribution in [0.4, 0.5) is 5.82 Å². The van der Waals surface area contributed by atoms with Gasteiger partial charge < -0.3 is 5.32 Å². The lowest BCUT2D eigenvalue weighted by molar-refractivity contribution is 0.521. The maximum absolute atomic E-state index is 8.63. The Bertz CT molecular complexity index is 371. The number of aromatic nitrogens is 1. The number of nitrogens with zero attached hydrogens (tertiary/aromatic N) is 2. The van der Waals surface area contributed by atoms with Crippen molar-refractivity contribution in [3.05, 3.63) is 23.9 Å². The average molecular weight is 201 g/mol. The lowest BCUT2D eigenvalue weighted by Gasteiger charge is -2.13. The van der Waals surface area contributed by atoms with Gasteiger partial charge in [-0.15, -0.1) is 0 Å². The maximum Gasteiger partial charge on any atom is 0.125 e. The molecule has 1 heterocycles. The number of nitriles is 1. The van der Waals surface area contributed by atoms with Gasteiger partial charge in [0.2, 0.25) is 0 Å². The fourth-order valence-electron chi connectivity index (χ4n) is 1.67. The van der Waals surface area contributed by atoms with Crippen LogP contribution in [0.1, 0.15) is 31.7 Å². The van der Waals surface area contributed by atoms with Crippen molar-refractivity contribution in [3.8, 4) is 6.07 Å². The fourth-order valence-corrected chi connectivity index (χ4v) is 1.67. The van der Waals surface area contributed by atoms with E-state index in [0.29, 0.717) is 11.0 Å². The first kappa shape index (κ1) is 9.97. The number of nitrogens with one attached hydrogen (secondary N) is 1. The second-order valence-corrected chi connectivity index (χ2v) is 4.25. The zero-order valence-electron chi connectivity index (χ0n) is 8.95. The van der Waals surface area contributed by atoms with Gasteiger partial charge in [0.05, 0.1) is 5.56 Å². The molecule has 1 fully saturated rings. The summed E-state index contributed by atoms with van der Waals surface area (Å²) in [7, 11) is 0. The third-order valence-electron chi connectivity index (χ3n) is 3.24. The standard InChI is InChI=1S/C12H15N3/c1-2-12(5-6-12)9-15-11-4-3-10(7-13)8-14-11/h3-4,8H,2,5-6,9H2,1H3,(H,14,15). The van der Waals surface area contributed by atoms with E-state index >= 15 is 0 Å². The SMILES string of the molecule is CCC1(CNc2ccc(C#N)cn2)CC1. The summed E-state index contributed by atoms with van der Waals surface area (Å²) in [6.45, 7) is 3.24. The second kappa shape index (κ2) is 3.90. The van der Waals surface area contributed by atoms with E-state index in [9.17, 15) is 0 Å². The van der Waals surface area contributed by atoms with Gasteiger partial charge in [-0.25, -0.2) is 4.98 Å². The summed E-state index contributed by atoms with van der Waals surface area (Å²) in [5.41, 5.74) is 1.13. The molecule has 1 saturated carbocycles. The first-order chi connectivity index (χ1) is 7.28. The molecule has 0 bridgehead atoms. The van der Waals surface area contributed by atoms with E-state index in [1.807, 2.05) is 6.07 Å². The monoisotopic (exact) mass is 201 g/mol. The molecule has 0 spiro atoms. The van der Waals surface area contributed by atoms with Gasteiger partial charge in [0.25, 0.3) is 0 Å². The van der Waals surface area contributed by atoms with Gasteiger partial charge in [-0.1, -0.05) is 6.92 Å². The molecule has 3 heteroatoms. The van der Waals surface area contributed by atoms with Crippen LogP contribution < -0.4 is 5.32 Å². The summed E-state index contributed by atoms with van der Waals surface area (Å²) in [5, 5.41) is 12.0. The van der Waals surface area contributed by atoms with Gasteiger partial charge in [0, 0.05) is 12.7 Å². The minimum absolute atomic E-state index is 0.523. The third kappa shape index (κ3) is 2.27. The molecule has 3 nitrogen and oxygen atoms in total. The molecule has 0 radical (unpaired) electrons. The molecule has 0 unspecified atom stereocenters. The Balaban J connectivity index is 1.91. The molecule has 1 N–H and O–H groups in total. The molecule has 1 aliphatic rings. The molecular formula is C12H15N3. The molecule has 0 aliphatic heterocycles. The number of hydrogen-bond donors (Lipinski definition) is 1. The van der Waals surface area contributed by atoms with Crippen LogP contribution in [-0.2, 0) is 0 Å². The van der Waals surface area contributed by atoms with Crippen molar-refractivity contribution in [3.63, 3.8) is 0 Å². The van der Waals surface area contributed by atoms with Crippen molar-refractivity contribution in [1.82, 2.24) is 4.98 Å². The normalized spacial score (nSPS) is 16.8. The Kier molecular flexibility index (Phi) is 2.59. The first-order valence-electron chi connectivity index (χ1n) is 5.38. The van der Waals surface area contributed by atoms with E-state index in [-0.39, 0.29) is 0 Å². The molecule has 0 aromatic carbocycles. The number of pyridine rings is 1. The number of hydrogen-bond acceptors (Lipinski definition) is 3. The van der Waals surface area contributed by atoms with E-state index in [0.717, 1.165) is 12.4 Å². The summed E-state index contributed by atoms with van der Waals surface area (Å²) in [6, 6.07) is 5.72. The molecule has 1 aromatic heterocycles. The highest BCUT2D eigenvalue weighted by Gasteiger charge is 2.40. The summed E-state index contributed by atoms with van der Waals surface area (Å²) in [4.78, 5) is 4.18. The summed E-state index contributed by atoms with van der Waals surface area (Å²) in [5.74, 6) is 0.869. The average Bonchev–Trinajstić information content (AvgIpc) is 3.08. The van der Waals surface area contributed by atoms with Gasteiger partial charge in [-0.3, -0.25) is 0 Å².